The summed E-state index contributed by atoms with van der Waals surface area (Å²) in [4.78, 5) is 0. The van der Waals surface area contributed by atoms with Crippen molar-refractivity contribution in [1.82, 2.24) is 0 Å². The standard InChI is InChI=1S/C15H14O6/c1-18-10-5-4-7-8-6-9(16)14(19-2)15(20-3)13(8)21-12(7)11(10)17/h4-6,16-17H,1-3H3. The lowest BCUT2D eigenvalue weighted by Gasteiger charge is -2.09. The van der Waals surface area contributed by atoms with Gasteiger partial charge >= 0.3 is 0 Å². The third kappa shape index (κ3) is 1.72. The number of benzene rings is 2. The fourth-order valence-corrected chi connectivity index (χ4v) is 2.43. The lowest BCUT2D eigenvalue weighted by Crippen LogP contribution is -1.91. The van der Waals surface area contributed by atoms with Crippen LogP contribution in [0.5, 0.6) is 28.7 Å². The molecule has 2 aromatic carbocycles. The number of phenolic OH excluding ortho intramolecular Hbond substituents is 2. The van der Waals surface area contributed by atoms with Gasteiger partial charge in [0.25, 0.3) is 0 Å². The highest BCUT2D eigenvalue weighted by atomic mass is 16.5. The Morgan fingerprint density at radius 1 is 0.857 bits per heavy atom. The van der Waals surface area contributed by atoms with Gasteiger partial charge in [0.15, 0.2) is 22.7 Å². The van der Waals surface area contributed by atoms with Gasteiger partial charge in [-0.05, 0) is 18.2 Å². The van der Waals surface area contributed by atoms with Crippen molar-refractivity contribution in [3.8, 4) is 28.7 Å². The Hall–Kier alpha value is -2.76. The van der Waals surface area contributed by atoms with Crippen molar-refractivity contribution in [2.75, 3.05) is 21.3 Å². The van der Waals surface area contributed by atoms with Crippen LogP contribution in [0.2, 0.25) is 0 Å². The zero-order valence-electron chi connectivity index (χ0n) is 11.8. The number of hydrogen-bond acceptors (Lipinski definition) is 6. The van der Waals surface area contributed by atoms with E-state index < -0.39 is 0 Å². The Kier molecular flexibility index (Phi) is 2.94. The first-order valence-electron chi connectivity index (χ1n) is 6.18. The molecule has 3 rings (SSSR count). The van der Waals surface area contributed by atoms with Crippen LogP contribution in [0.4, 0.5) is 0 Å². The predicted octanol–water partition coefficient (Wildman–Crippen LogP) is 3.02. The lowest BCUT2D eigenvalue weighted by molar-refractivity contribution is 0.333. The second-order valence-electron chi connectivity index (χ2n) is 4.43. The number of hydrogen-bond donors (Lipinski definition) is 2. The molecule has 0 aliphatic rings. The maximum atomic E-state index is 10.2. The summed E-state index contributed by atoms with van der Waals surface area (Å²) in [6.45, 7) is 0. The van der Waals surface area contributed by atoms with E-state index in [-0.39, 0.29) is 28.6 Å². The maximum absolute atomic E-state index is 10.2. The second kappa shape index (κ2) is 4.66. The zero-order chi connectivity index (χ0) is 15.1. The van der Waals surface area contributed by atoms with Crippen molar-refractivity contribution in [2.24, 2.45) is 0 Å². The zero-order valence-corrected chi connectivity index (χ0v) is 11.8. The van der Waals surface area contributed by atoms with Gasteiger partial charge < -0.3 is 28.8 Å². The molecule has 110 valence electrons. The molecule has 6 heteroatoms. The molecule has 0 atom stereocenters. The second-order valence-corrected chi connectivity index (χ2v) is 4.43. The van der Waals surface area contributed by atoms with Gasteiger partial charge in [-0.3, -0.25) is 0 Å². The van der Waals surface area contributed by atoms with Crippen LogP contribution in [0.25, 0.3) is 21.9 Å². The quantitative estimate of drug-likeness (QED) is 0.771. The molecule has 0 fully saturated rings. The van der Waals surface area contributed by atoms with Crippen molar-refractivity contribution < 1.29 is 28.8 Å². The topological polar surface area (TPSA) is 81.3 Å². The van der Waals surface area contributed by atoms with E-state index >= 15 is 0 Å². The number of furan rings is 1. The van der Waals surface area contributed by atoms with E-state index in [2.05, 4.69) is 0 Å². The van der Waals surface area contributed by atoms with Crippen LogP contribution in [-0.2, 0) is 0 Å². The first-order valence-corrected chi connectivity index (χ1v) is 6.18. The first-order chi connectivity index (χ1) is 10.1. The molecule has 0 aliphatic carbocycles. The van der Waals surface area contributed by atoms with Crippen LogP contribution >= 0.6 is 0 Å². The van der Waals surface area contributed by atoms with E-state index in [4.69, 9.17) is 18.6 Å². The first kappa shape index (κ1) is 13.2. The van der Waals surface area contributed by atoms with Gasteiger partial charge in [0, 0.05) is 10.8 Å². The minimum Gasteiger partial charge on any atom is -0.504 e. The summed E-state index contributed by atoms with van der Waals surface area (Å²) in [6, 6.07) is 4.87. The molecule has 3 aromatic rings. The number of fused-ring (bicyclic) bond motifs is 3. The average Bonchev–Trinajstić information content (AvgIpc) is 2.85. The number of methoxy groups -OCH3 is 3. The van der Waals surface area contributed by atoms with Crippen LogP contribution in [0, 0.1) is 0 Å². The molecule has 0 saturated heterocycles. The number of ether oxygens (including phenoxy) is 3. The molecule has 0 unspecified atom stereocenters. The molecule has 2 N–H and O–H groups in total. The molecule has 0 saturated carbocycles. The molecule has 0 aliphatic heterocycles. The van der Waals surface area contributed by atoms with E-state index in [0.29, 0.717) is 22.1 Å². The number of aromatic hydroxyl groups is 2. The van der Waals surface area contributed by atoms with Crippen LogP contribution in [0.3, 0.4) is 0 Å². The van der Waals surface area contributed by atoms with Crippen molar-refractivity contribution in [3.63, 3.8) is 0 Å². The molecule has 6 nitrogen and oxygen atoms in total. The average molecular weight is 290 g/mol. The Bertz CT molecular complexity index is 833. The van der Waals surface area contributed by atoms with Crippen LogP contribution in [0.1, 0.15) is 0 Å². The van der Waals surface area contributed by atoms with Gasteiger partial charge in [-0.1, -0.05) is 0 Å². The maximum Gasteiger partial charge on any atom is 0.208 e. The largest absolute Gasteiger partial charge is 0.504 e. The number of phenols is 2. The van der Waals surface area contributed by atoms with Gasteiger partial charge in [0.05, 0.1) is 21.3 Å². The van der Waals surface area contributed by atoms with Crippen molar-refractivity contribution in [2.45, 2.75) is 0 Å². The monoisotopic (exact) mass is 290 g/mol. The summed E-state index contributed by atoms with van der Waals surface area (Å²) in [5, 5.41) is 21.4. The molecular formula is C15H14O6. The lowest BCUT2D eigenvalue weighted by atomic mass is 10.1. The summed E-state index contributed by atoms with van der Waals surface area (Å²) in [5.74, 6) is 0.570. The van der Waals surface area contributed by atoms with Crippen LogP contribution in [0.15, 0.2) is 22.6 Å². The Labute approximate surface area is 120 Å². The Morgan fingerprint density at radius 3 is 2.19 bits per heavy atom. The smallest absolute Gasteiger partial charge is 0.208 e. The third-order valence-electron chi connectivity index (χ3n) is 3.39. The van der Waals surface area contributed by atoms with Gasteiger partial charge in [0.1, 0.15) is 0 Å². The van der Waals surface area contributed by atoms with Gasteiger partial charge in [0.2, 0.25) is 17.2 Å². The van der Waals surface area contributed by atoms with Crippen LogP contribution < -0.4 is 14.2 Å². The highest BCUT2D eigenvalue weighted by Gasteiger charge is 2.22. The SMILES string of the molecule is COc1ccc2c(oc3c(OC)c(OC)c(O)cc32)c1O. The summed E-state index contributed by atoms with van der Waals surface area (Å²) >= 11 is 0. The summed E-state index contributed by atoms with van der Waals surface area (Å²) in [7, 11) is 4.33. The highest BCUT2D eigenvalue weighted by Crippen LogP contribution is 2.48. The molecular weight excluding hydrogens is 276 g/mol. The minimum absolute atomic E-state index is 0.0696. The Balaban J connectivity index is 2.48. The van der Waals surface area contributed by atoms with Gasteiger partial charge in [-0.25, -0.2) is 0 Å². The van der Waals surface area contributed by atoms with Crippen molar-refractivity contribution >= 4 is 21.9 Å². The van der Waals surface area contributed by atoms with Crippen molar-refractivity contribution in [3.05, 3.63) is 18.2 Å². The highest BCUT2D eigenvalue weighted by molar-refractivity contribution is 6.10. The number of rotatable bonds is 3. The van der Waals surface area contributed by atoms with E-state index in [9.17, 15) is 10.2 Å². The molecule has 0 radical (unpaired) electrons. The minimum atomic E-state index is -0.105. The van der Waals surface area contributed by atoms with E-state index in [1.165, 1.54) is 27.4 Å². The predicted molar refractivity (Wildman–Crippen MR) is 76.7 cm³/mol. The molecule has 1 heterocycles. The summed E-state index contributed by atoms with van der Waals surface area (Å²) < 4.78 is 21.1. The summed E-state index contributed by atoms with van der Waals surface area (Å²) in [5.41, 5.74) is 0.640. The van der Waals surface area contributed by atoms with E-state index in [1.807, 2.05) is 0 Å². The van der Waals surface area contributed by atoms with Crippen molar-refractivity contribution in [1.29, 1.82) is 0 Å². The Morgan fingerprint density at radius 2 is 1.57 bits per heavy atom. The molecule has 1 aromatic heterocycles. The third-order valence-corrected chi connectivity index (χ3v) is 3.39. The van der Waals surface area contributed by atoms with E-state index in [0.717, 1.165) is 0 Å². The molecule has 0 amide bonds. The molecule has 0 bridgehead atoms. The normalized spacial score (nSPS) is 11.0. The van der Waals surface area contributed by atoms with Gasteiger partial charge in [-0.15, -0.1) is 0 Å². The fraction of sp³-hybridized carbons (Fsp3) is 0.200. The molecule has 21 heavy (non-hydrogen) atoms. The van der Waals surface area contributed by atoms with E-state index in [1.54, 1.807) is 12.1 Å². The fourth-order valence-electron chi connectivity index (χ4n) is 2.43. The summed E-state index contributed by atoms with van der Waals surface area (Å²) in [6.07, 6.45) is 0. The molecule has 0 spiro atoms. The van der Waals surface area contributed by atoms with Crippen LogP contribution in [-0.4, -0.2) is 31.5 Å². The van der Waals surface area contributed by atoms with Gasteiger partial charge in [-0.2, -0.15) is 0 Å².